The first-order valence-corrected chi connectivity index (χ1v) is 6.75. The number of fused-ring (bicyclic) bond motifs is 1. The molecule has 0 heterocycles. The van der Waals surface area contributed by atoms with Gasteiger partial charge in [-0.3, -0.25) is 0 Å². The van der Waals surface area contributed by atoms with Crippen molar-refractivity contribution in [2.75, 3.05) is 6.61 Å². The molecule has 1 aliphatic rings. The summed E-state index contributed by atoms with van der Waals surface area (Å²) in [5.41, 5.74) is 2.36. The third kappa shape index (κ3) is 3.22. The minimum absolute atomic E-state index is 0.294. The van der Waals surface area contributed by atoms with Crippen LogP contribution in [0.5, 0.6) is 5.75 Å². The fourth-order valence-corrected chi connectivity index (χ4v) is 2.38. The smallest absolute Gasteiger partial charge is 0.119 e. The van der Waals surface area contributed by atoms with Crippen LogP contribution in [0.1, 0.15) is 56.3 Å². The van der Waals surface area contributed by atoms with Crippen LogP contribution in [0.4, 0.5) is 0 Å². The second kappa shape index (κ2) is 6.06. The van der Waals surface area contributed by atoms with E-state index in [0.717, 1.165) is 43.6 Å². The molecule has 0 fully saturated rings. The van der Waals surface area contributed by atoms with Crippen LogP contribution < -0.4 is 4.74 Å². The summed E-state index contributed by atoms with van der Waals surface area (Å²) in [6.45, 7) is 2.97. The van der Waals surface area contributed by atoms with Crippen LogP contribution in [0.3, 0.4) is 0 Å². The van der Waals surface area contributed by atoms with Gasteiger partial charge in [-0.15, -0.1) is 0 Å². The molecule has 1 N–H and O–H groups in total. The molecule has 1 aliphatic carbocycles. The van der Waals surface area contributed by atoms with E-state index in [1.165, 1.54) is 18.4 Å². The number of ether oxygens (including phenoxy) is 1. The summed E-state index contributed by atoms with van der Waals surface area (Å²) in [4.78, 5) is 0. The molecule has 1 aromatic rings. The lowest BCUT2D eigenvalue weighted by Crippen LogP contribution is -2.09. The minimum Gasteiger partial charge on any atom is -0.494 e. The Hall–Kier alpha value is -1.02. The summed E-state index contributed by atoms with van der Waals surface area (Å²) in [6, 6.07) is 6.15. The third-order valence-corrected chi connectivity index (χ3v) is 3.42. The number of hydrogen-bond donors (Lipinski definition) is 1. The van der Waals surface area contributed by atoms with Crippen molar-refractivity contribution in [1.29, 1.82) is 0 Å². The Bertz CT molecular complexity index is 360. The summed E-state index contributed by atoms with van der Waals surface area (Å²) < 4.78 is 5.71. The number of aryl methyl sites for hydroxylation is 1. The van der Waals surface area contributed by atoms with Crippen LogP contribution in [-0.2, 0) is 6.42 Å². The van der Waals surface area contributed by atoms with E-state index in [4.69, 9.17) is 4.74 Å². The second-order valence-corrected chi connectivity index (χ2v) is 4.82. The number of aliphatic hydroxyl groups is 1. The van der Waals surface area contributed by atoms with Gasteiger partial charge < -0.3 is 9.84 Å². The van der Waals surface area contributed by atoms with E-state index in [1.54, 1.807) is 0 Å². The Morgan fingerprint density at radius 2 is 2.24 bits per heavy atom. The molecule has 17 heavy (non-hydrogen) atoms. The first kappa shape index (κ1) is 12.4. The molecule has 0 radical (unpaired) electrons. The topological polar surface area (TPSA) is 29.5 Å². The summed E-state index contributed by atoms with van der Waals surface area (Å²) in [5.74, 6) is 0.904. The zero-order valence-corrected chi connectivity index (χ0v) is 10.6. The zero-order valence-electron chi connectivity index (χ0n) is 10.6. The summed E-state index contributed by atoms with van der Waals surface area (Å²) in [5, 5.41) is 9.94. The lowest BCUT2D eigenvalue weighted by molar-refractivity contribution is 0.156. The first-order chi connectivity index (χ1) is 8.31. The van der Waals surface area contributed by atoms with Crippen molar-refractivity contribution < 1.29 is 9.84 Å². The van der Waals surface area contributed by atoms with E-state index in [9.17, 15) is 5.11 Å². The summed E-state index contributed by atoms with van der Waals surface area (Å²) >= 11 is 0. The van der Waals surface area contributed by atoms with Crippen molar-refractivity contribution >= 4 is 0 Å². The molecule has 0 aliphatic heterocycles. The van der Waals surface area contributed by atoms with Gasteiger partial charge in [0.15, 0.2) is 0 Å². The minimum atomic E-state index is -0.294. The van der Waals surface area contributed by atoms with Gasteiger partial charge >= 0.3 is 0 Å². The van der Waals surface area contributed by atoms with Gasteiger partial charge in [-0.25, -0.2) is 0 Å². The van der Waals surface area contributed by atoms with Gasteiger partial charge in [0.25, 0.3) is 0 Å². The van der Waals surface area contributed by atoms with Gasteiger partial charge in [0.1, 0.15) is 5.75 Å². The molecule has 2 nitrogen and oxygen atoms in total. The number of unbranched alkanes of at least 4 members (excludes halogenated alkanes) is 2. The molecule has 0 saturated heterocycles. The maximum absolute atomic E-state index is 9.94. The maximum atomic E-state index is 9.94. The molecule has 0 aromatic heterocycles. The largest absolute Gasteiger partial charge is 0.494 e. The average Bonchev–Trinajstić information content (AvgIpc) is 2.36. The van der Waals surface area contributed by atoms with Gasteiger partial charge in [-0.2, -0.15) is 0 Å². The van der Waals surface area contributed by atoms with Gasteiger partial charge in [-0.05, 0) is 48.9 Å². The fraction of sp³-hybridized carbons (Fsp3) is 0.600. The van der Waals surface area contributed by atoms with E-state index in [0.29, 0.717) is 0 Å². The lowest BCUT2D eigenvalue weighted by Gasteiger charge is -2.22. The normalized spacial score (nSPS) is 18.8. The van der Waals surface area contributed by atoms with Gasteiger partial charge in [-0.1, -0.05) is 25.8 Å². The Morgan fingerprint density at radius 3 is 3.06 bits per heavy atom. The average molecular weight is 234 g/mol. The highest BCUT2D eigenvalue weighted by molar-refractivity contribution is 5.38. The zero-order chi connectivity index (χ0) is 12.1. The number of hydrogen-bond acceptors (Lipinski definition) is 2. The van der Waals surface area contributed by atoms with Crippen molar-refractivity contribution in [3.8, 4) is 5.75 Å². The highest BCUT2D eigenvalue weighted by Gasteiger charge is 2.18. The SMILES string of the molecule is CCCCCOc1ccc2c(c1)C(O)CCC2. The molecular weight excluding hydrogens is 212 g/mol. The van der Waals surface area contributed by atoms with E-state index in [2.05, 4.69) is 13.0 Å². The molecule has 0 amide bonds. The number of aliphatic hydroxyl groups excluding tert-OH is 1. The Morgan fingerprint density at radius 1 is 1.35 bits per heavy atom. The van der Waals surface area contributed by atoms with E-state index in [1.807, 2.05) is 12.1 Å². The standard InChI is InChI=1S/C15H22O2/c1-2-3-4-10-17-13-9-8-12-6-5-7-15(16)14(12)11-13/h8-9,11,15-16H,2-7,10H2,1H3. The summed E-state index contributed by atoms with van der Waals surface area (Å²) in [6.07, 6.45) is 6.30. The van der Waals surface area contributed by atoms with E-state index >= 15 is 0 Å². The molecule has 2 rings (SSSR count). The van der Waals surface area contributed by atoms with Crippen molar-refractivity contribution in [3.63, 3.8) is 0 Å². The van der Waals surface area contributed by atoms with E-state index < -0.39 is 0 Å². The Kier molecular flexibility index (Phi) is 4.43. The monoisotopic (exact) mass is 234 g/mol. The molecule has 0 saturated carbocycles. The maximum Gasteiger partial charge on any atom is 0.119 e. The Labute approximate surface area is 104 Å². The predicted octanol–water partition coefficient (Wildman–Crippen LogP) is 3.63. The molecule has 1 atom stereocenters. The molecule has 1 aromatic carbocycles. The van der Waals surface area contributed by atoms with Crippen LogP contribution >= 0.6 is 0 Å². The predicted molar refractivity (Wildman–Crippen MR) is 69.4 cm³/mol. The third-order valence-electron chi connectivity index (χ3n) is 3.42. The summed E-state index contributed by atoms with van der Waals surface area (Å²) in [7, 11) is 0. The molecule has 0 spiro atoms. The van der Waals surface area contributed by atoms with Crippen LogP contribution in [0.15, 0.2) is 18.2 Å². The number of rotatable bonds is 5. The number of benzene rings is 1. The van der Waals surface area contributed by atoms with Gasteiger partial charge in [0.2, 0.25) is 0 Å². The van der Waals surface area contributed by atoms with Crippen LogP contribution in [-0.4, -0.2) is 11.7 Å². The molecular formula is C15H22O2. The van der Waals surface area contributed by atoms with Gasteiger partial charge in [0.05, 0.1) is 12.7 Å². The van der Waals surface area contributed by atoms with Crippen molar-refractivity contribution in [3.05, 3.63) is 29.3 Å². The van der Waals surface area contributed by atoms with Crippen LogP contribution in [0.2, 0.25) is 0 Å². The van der Waals surface area contributed by atoms with Crippen molar-refractivity contribution in [1.82, 2.24) is 0 Å². The van der Waals surface area contributed by atoms with Crippen molar-refractivity contribution in [2.45, 2.75) is 51.6 Å². The van der Waals surface area contributed by atoms with Crippen molar-refractivity contribution in [2.24, 2.45) is 0 Å². The molecule has 94 valence electrons. The Balaban J connectivity index is 1.97. The van der Waals surface area contributed by atoms with Gasteiger partial charge in [0, 0.05) is 0 Å². The molecule has 1 unspecified atom stereocenters. The molecule has 0 bridgehead atoms. The highest BCUT2D eigenvalue weighted by atomic mass is 16.5. The molecule has 2 heteroatoms. The first-order valence-electron chi connectivity index (χ1n) is 6.75. The quantitative estimate of drug-likeness (QED) is 0.788. The lowest BCUT2D eigenvalue weighted by atomic mass is 9.89. The van der Waals surface area contributed by atoms with Crippen LogP contribution in [0, 0.1) is 0 Å². The fourth-order valence-electron chi connectivity index (χ4n) is 2.38. The van der Waals surface area contributed by atoms with Crippen LogP contribution in [0.25, 0.3) is 0 Å². The second-order valence-electron chi connectivity index (χ2n) is 4.82. The highest BCUT2D eigenvalue weighted by Crippen LogP contribution is 2.32. The van der Waals surface area contributed by atoms with E-state index in [-0.39, 0.29) is 6.10 Å².